The molecule has 104 valence electrons. The number of hydrogen-bond acceptors (Lipinski definition) is 3. The maximum atomic E-state index is 12.2. The second kappa shape index (κ2) is 6.68. The molecule has 0 aromatic heterocycles. The molecule has 1 aromatic rings. The Hall–Kier alpha value is -1.39. The van der Waals surface area contributed by atoms with Crippen LogP contribution in [0, 0.1) is 0 Å². The van der Waals surface area contributed by atoms with Crippen LogP contribution in [-0.2, 0) is 11.2 Å². The highest BCUT2D eigenvalue weighted by Crippen LogP contribution is 2.21. The molecule has 4 nitrogen and oxygen atoms in total. The van der Waals surface area contributed by atoms with Gasteiger partial charge in [-0.1, -0.05) is 25.1 Å². The van der Waals surface area contributed by atoms with E-state index in [-0.39, 0.29) is 24.6 Å². The molecule has 19 heavy (non-hydrogen) atoms. The standard InChI is InChI=1S/C15H22N2O2/c1-2-12(9-10-18)16-14-8-7-11-5-3-4-6-13(11)17-15(14)19/h3-6,12,14,16,18H,2,7-10H2,1H3,(H,17,19). The highest BCUT2D eigenvalue weighted by molar-refractivity contribution is 5.96. The van der Waals surface area contributed by atoms with Crippen molar-refractivity contribution in [3.05, 3.63) is 29.8 Å². The molecule has 0 fully saturated rings. The van der Waals surface area contributed by atoms with E-state index < -0.39 is 0 Å². The molecule has 1 aliphatic heterocycles. The van der Waals surface area contributed by atoms with Crippen molar-refractivity contribution in [2.24, 2.45) is 0 Å². The molecule has 0 aliphatic carbocycles. The quantitative estimate of drug-likeness (QED) is 0.757. The average Bonchev–Trinajstić information content (AvgIpc) is 2.58. The molecule has 0 bridgehead atoms. The molecule has 4 heteroatoms. The Kier molecular flexibility index (Phi) is 4.93. The zero-order valence-corrected chi connectivity index (χ0v) is 11.4. The van der Waals surface area contributed by atoms with Gasteiger partial charge in [0.05, 0.1) is 6.04 Å². The molecule has 3 N–H and O–H groups in total. The van der Waals surface area contributed by atoms with Crippen LogP contribution in [0.2, 0.25) is 0 Å². The van der Waals surface area contributed by atoms with Crippen molar-refractivity contribution in [1.82, 2.24) is 5.32 Å². The molecule has 2 atom stereocenters. The number of benzene rings is 1. The van der Waals surface area contributed by atoms with E-state index in [0.717, 1.165) is 24.9 Å². The summed E-state index contributed by atoms with van der Waals surface area (Å²) in [6.07, 6.45) is 3.29. The first-order valence-corrected chi connectivity index (χ1v) is 7.00. The molecule has 0 saturated heterocycles. The molecule has 0 spiro atoms. The number of amides is 1. The summed E-state index contributed by atoms with van der Waals surface area (Å²) in [5.41, 5.74) is 2.11. The molecule has 0 saturated carbocycles. The average molecular weight is 262 g/mol. The molecular formula is C15H22N2O2. The van der Waals surface area contributed by atoms with E-state index in [0.29, 0.717) is 6.42 Å². The lowest BCUT2D eigenvalue weighted by Gasteiger charge is -2.22. The van der Waals surface area contributed by atoms with E-state index >= 15 is 0 Å². The van der Waals surface area contributed by atoms with Gasteiger partial charge in [-0.3, -0.25) is 4.79 Å². The van der Waals surface area contributed by atoms with E-state index in [4.69, 9.17) is 5.11 Å². The van der Waals surface area contributed by atoms with Crippen molar-refractivity contribution < 1.29 is 9.90 Å². The smallest absolute Gasteiger partial charge is 0.241 e. The highest BCUT2D eigenvalue weighted by Gasteiger charge is 2.24. The van der Waals surface area contributed by atoms with Crippen LogP contribution in [0.5, 0.6) is 0 Å². The van der Waals surface area contributed by atoms with Gasteiger partial charge in [0.2, 0.25) is 5.91 Å². The zero-order valence-electron chi connectivity index (χ0n) is 11.4. The second-order valence-corrected chi connectivity index (χ2v) is 5.02. The molecule has 0 radical (unpaired) electrons. The first kappa shape index (κ1) is 14.0. The van der Waals surface area contributed by atoms with Crippen molar-refractivity contribution >= 4 is 11.6 Å². The SMILES string of the molecule is CCC(CCO)NC1CCc2ccccc2NC1=O. The fraction of sp³-hybridized carbons (Fsp3) is 0.533. The highest BCUT2D eigenvalue weighted by atomic mass is 16.3. The van der Waals surface area contributed by atoms with Crippen molar-refractivity contribution in [2.75, 3.05) is 11.9 Å². The van der Waals surface area contributed by atoms with E-state index in [1.54, 1.807) is 0 Å². The summed E-state index contributed by atoms with van der Waals surface area (Å²) in [5.74, 6) is 0.0290. The Labute approximate surface area is 114 Å². The second-order valence-electron chi connectivity index (χ2n) is 5.02. The first-order valence-electron chi connectivity index (χ1n) is 7.00. The van der Waals surface area contributed by atoms with Gasteiger partial charge in [0, 0.05) is 18.3 Å². The Morgan fingerprint density at radius 1 is 1.47 bits per heavy atom. The van der Waals surface area contributed by atoms with Crippen LogP contribution in [0.4, 0.5) is 5.69 Å². The monoisotopic (exact) mass is 262 g/mol. The van der Waals surface area contributed by atoms with Gasteiger partial charge in [0.25, 0.3) is 0 Å². The van der Waals surface area contributed by atoms with E-state index in [2.05, 4.69) is 23.6 Å². The summed E-state index contributed by atoms with van der Waals surface area (Å²) < 4.78 is 0. The number of aryl methyl sites for hydroxylation is 1. The van der Waals surface area contributed by atoms with E-state index in [1.165, 1.54) is 5.56 Å². The maximum absolute atomic E-state index is 12.2. The third-order valence-electron chi connectivity index (χ3n) is 3.70. The number of carbonyl (C=O) groups is 1. The molecule has 1 aromatic carbocycles. The van der Waals surface area contributed by atoms with Gasteiger partial charge < -0.3 is 15.7 Å². The van der Waals surface area contributed by atoms with Crippen molar-refractivity contribution in [1.29, 1.82) is 0 Å². The number of anilines is 1. The predicted molar refractivity (Wildman–Crippen MR) is 76.1 cm³/mol. The third kappa shape index (κ3) is 3.55. The Balaban J connectivity index is 2.03. The number of para-hydroxylation sites is 1. The molecule has 2 unspecified atom stereocenters. The molecule has 1 heterocycles. The fourth-order valence-corrected chi connectivity index (χ4v) is 2.52. The summed E-state index contributed by atoms with van der Waals surface area (Å²) in [6.45, 7) is 2.22. The van der Waals surface area contributed by atoms with Gasteiger partial charge in [0.1, 0.15) is 0 Å². The van der Waals surface area contributed by atoms with Gasteiger partial charge in [-0.2, -0.15) is 0 Å². The summed E-state index contributed by atoms with van der Waals surface area (Å²) in [4.78, 5) is 12.2. The van der Waals surface area contributed by atoms with Crippen LogP contribution < -0.4 is 10.6 Å². The number of rotatable bonds is 5. The third-order valence-corrected chi connectivity index (χ3v) is 3.70. The minimum Gasteiger partial charge on any atom is -0.396 e. The molecular weight excluding hydrogens is 240 g/mol. The predicted octanol–water partition coefficient (Wildman–Crippen LogP) is 1.69. The summed E-state index contributed by atoms with van der Waals surface area (Å²) >= 11 is 0. The largest absolute Gasteiger partial charge is 0.396 e. The lowest BCUT2D eigenvalue weighted by molar-refractivity contribution is -0.118. The summed E-state index contributed by atoms with van der Waals surface area (Å²) in [5, 5.41) is 15.4. The van der Waals surface area contributed by atoms with Crippen LogP contribution in [0.15, 0.2) is 24.3 Å². The molecule has 1 aliphatic rings. The first-order chi connectivity index (χ1) is 9.24. The summed E-state index contributed by atoms with van der Waals surface area (Å²) in [6, 6.07) is 7.96. The number of carbonyl (C=O) groups excluding carboxylic acids is 1. The van der Waals surface area contributed by atoms with Crippen molar-refractivity contribution in [3.63, 3.8) is 0 Å². The lowest BCUT2D eigenvalue weighted by Crippen LogP contribution is -2.45. The maximum Gasteiger partial charge on any atom is 0.241 e. The minimum atomic E-state index is -0.177. The number of aliphatic hydroxyl groups excluding tert-OH is 1. The normalized spacial score (nSPS) is 20.3. The van der Waals surface area contributed by atoms with Gasteiger partial charge in [-0.25, -0.2) is 0 Å². The lowest BCUT2D eigenvalue weighted by atomic mass is 10.0. The van der Waals surface area contributed by atoms with Crippen LogP contribution in [0.3, 0.4) is 0 Å². The van der Waals surface area contributed by atoms with Crippen LogP contribution in [0.25, 0.3) is 0 Å². The van der Waals surface area contributed by atoms with E-state index in [1.807, 2.05) is 18.2 Å². The molecule has 1 amide bonds. The number of fused-ring (bicyclic) bond motifs is 1. The Morgan fingerprint density at radius 3 is 3.00 bits per heavy atom. The van der Waals surface area contributed by atoms with E-state index in [9.17, 15) is 4.79 Å². The Morgan fingerprint density at radius 2 is 2.26 bits per heavy atom. The topological polar surface area (TPSA) is 61.4 Å². The number of aliphatic hydroxyl groups is 1. The zero-order chi connectivity index (χ0) is 13.7. The fourth-order valence-electron chi connectivity index (χ4n) is 2.52. The number of nitrogens with one attached hydrogen (secondary N) is 2. The molecule has 2 rings (SSSR count). The summed E-state index contributed by atoms with van der Waals surface area (Å²) in [7, 11) is 0. The van der Waals surface area contributed by atoms with Gasteiger partial charge in [-0.15, -0.1) is 0 Å². The number of hydrogen-bond donors (Lipinski definition) is 3. The minimum absolute atomic E-state index is 0.0290. The van der Waals surface area contributed by atoms with Crippen LogP contribution in [0.1, 0.15) is 31.7 Å². The van der Waals surface area contributed by atoms with Crippen LogP contribution >= 0.6 is 0 Å². The van der Waals surface area contributed by atoms with Crippen molar-refractivity contribution in [2.45, 2.75) is 44.7 Å². The van der Waals surface area contributed by atoms with Gasteiger partial charge >= 0.3 is 0 Å². The Bertz CT molecular complexity index is 434. The van der Waals surface area contributed by atoms with Crippen molar-refractivity contribution in [3.8, 4) is 0 Å². The van der Waals surface area contributed by atoms with Crippen LogP contribution in [-0.4, -0.2) is 29.7 Å². The van der Waals surface area contributed by atoms with Gasteiger partial charge in [-0.05, 0) is 37.3 Å². The van der Waals surface area contributed by atoms with Gasteiger partial charge in [0.15, 0.2) is 0 Å².